The number of hydrogen-bond donors (Lipinski definition) is 0. The van der Waals surface area contributed by atoms with Gasteiger partial charge in [-0.05, 0) is 12.1 Å². The molecule has 0 aliphatic carbocycles. The normalized spacial score (nSPS) is 12.0. The Balaban J connectivity index is 2.05. The molecule has 0 unspecified atom stereocenters. The molecule has 4 nitrogen and oxygen atoms in total. The predicted octanol–water partition coefficient (Wildman–Crippen LogP) is 4.27. The molecule has 0 spiro atoms. The third-order valence-corrected chi connectivity index (χ3v) is 4.09. The van der Waals surface area contributed by atoms with Crippen LogP contribution in [0.15, 0.2) is 29.3 Å². The van der Waals surface area contributed by atoms with Crippen molar-refractivity contribution in [3.05, 3.63) is 45.7 Å². The lowest BCUT2D eigenvalue weighted by Gasteiger charge is -2.17. The minimum absolute atomic E-state index is 0.129. The van der Waals surface area contributed by atoms with E-state index in [-0.39, 0.29) is 5.41 Å². The van der Waals surface area contributed by atoms with E-state index in [0.717, 1.165) is 17.4 Å². The van der Waals surface area contributed by atoms with Gasteiger partial charge >= 0.3 is 0 Å². The Morgan fingerprint density at radius 2 is 2.14 bits per heavy atom. The minimum atomic E-state index is -0.129. The van der Waals surface area contributed by atoms with Gasteiger partial charge in [-0.25, -0.2) is 0 Å². The molecule has 0 bridgehead atoms. The largest absolute Gasteiger partial charge is 0.339 e. The topological polar surface area (TPSA) is 42.2 Å². The maximum atomic E-state index is 5.97. The number of rotatable bonds is 6. The first-order valence-corrected chi connectivity index (χ1v) is 7.98. The Bertz CT molecular complexity index is 600. The van der Waals surface area contributed by atoms with E-state index in [1.54, 1.807) is 11.3 Å². The van der Waals surface area contributed by atoms with E-state index in [1.807, 2.05) is 18.2 Å². The van der Waals surface area contributed by atoms with Gasteiger partial charge in [0.25, 0.3) is 0 Å². The Hall–Kier alpha value is -1.17. The van der Waals surface area contributed by atoms with Gasteiger partial charge in [0.15, 0.2) is 5.82 Å². The van der Waals surface area contributed by atoms with Gasteiger partial charge in [0.2, 0.25) is 5.89 Å². The van der Waals surface area contributed by atoms with E-state index in [2.05, 4.69) is 42.4 Å². The van der Waals surface area contributed by atoms with E-state index in [9.17, 15) is 0 Å². The van der Waals surface area contributed by atoms with Crippen LogP contribution in [0, 0.1) is 0 Å². The SMILES string of the molecule is C=CCN(Cc1noc(C(C)(C)C)n1)Cc1ccc(Cl)s1. The summed E-state index contributed by atoms with van der Waals surface area (Å²) in [6, 6.07) is 3.96. The molecule has 0 radical (unpaired) electrons. The third-order valence-electron chi connectivity index (χ3n) is 2.87. The number of halogens is 1. The van der Waals surface area contributed by atoms with Crippen molar-refractivity contribution in [1.29, 1.82) is 0 Å². The summed E-state index contributed by atoms with van der Waals surface area (Å²) in [7, 11) is 0. The molecule has 6 heteroatoms. The Morgan fingerprint density at radius 1 is 1.38 bits per heavy atom. The first kappa shape index (κ1) is 16.2. The second-order valence-corrected chi connectivity index (χ2v) is 7.73. The quantitative estimate of drug-likeness (QED) is 0.744. The molecule has 2 aromatic rings. The fraction of sp³-hybridized carbons (Fsp3) is 0.467. The van der Waals surface area contributed by atoms with Gasteiger partial charge in [-0.3, -0.25) is 4.90 Å². The second kappa shape index (κ2) is 6.73. The molecule has 0 saturated carbocycles. The molecule has 114 valence electrons. The van der Waals surface area contributed by atoms with E-state index < -0.39 is 0 Å². The van der Waals surface area contributed by atoms with E-state index in [4.69, 9.17) is 16.1 Å². The van der Waals surface area contributed by atoms with Gasteiger partial charge in [0.1, 0.15) is 0 Å². The number of hydrogen-bond acceptors (Lipinski definition) is 5. The summed E-state index contributed by atoms with van der Waals surface area (Å²) in [5.74, 6) is 1.36. The average Bonchev–Trinajstić information content (AvgIpc) is 2.98. The van der Waals surface area contributed by atoms with Gasteiger partial charge in [-0.1, -0.05) is 43.6 Å². The van der Waals surface area contributed by atoms with Crippen LogP contribution in [0.2, 0.25) is 4.34 Å². The highest BCUT2D eigenvalue weighted by molar-refractivity contribution is 7.16. The lowest BCUT2D eigenvalue weighted by atomic mass is 9.97. The summed E-state index contributed by atoms with van der Waals surface area (Å²) in [6.07, 6.45) is 1.87. The molecule has 0 atom stereocenters. The monoisotopic (exact) mass is 325 g/mol. The third kappa shape index (κ3) is 4.66. The number of thiophene rings is 1. The zero-order chi connectivity index (χ0) is 15.5. The highest BCUT2D eigenvalue weighted by Gasteiger charge is 2.22. The first-order chi connectivity index (χ1) is 9.88. The number of nitrogens with zero attached hydrogens (tertiary/aromatic N) is 3. The van der Waals surface area contributed by atoms with E-state index in [0.29, 0.717) is 18.3 Å². The van der Waals surface area contributed by atoms with Gasteiger partial charge < -0.3 is 4.52 Å². The summed E-state index contributed by atoms with van der Waals surface area (Å²) in [5.41, 5.74) is -0.129. The fourth-order valence-electron chi connectivity index (χ4n) is 1.85. The van der Waals surface area contributed by atoms with Gasteiger partial charge in [-0.15, -0.1) is 17.9 Å². The predicted molar refractivity (Wildman–Crippen MR) is 86.6 cm³/mol. The molecular weight excluding hydrogens is 306 g/mol. The zero-order valence-electron chi connectivity index (χ0n) is 12.6. The lowest BCUT2D eigenvalue weighted by Crippen LogP contribution is -2.23. The average molecular weight is 326 g/mol. The Kier molecular flexibility index (Phi) is 5.19. The molecule has 0 aliphatic heterocycles. The van der Waals surface area contributed by atoms with Crippen LogP contribution in [0.25, 0.3) is 0 Å². The van der Waals surface area contributed by atoms with E-state index >= 15 is 0 Å². The van der Waals surface area contributed by atoms with Crippen molar-refractivity contribution < 1.29 is 4.52 Å². The van der Waals surface area contributed by atoms with Crippen LogP contribution < -0.4 is 0 Å². The molecule has 21 heavy (non-hydrogen) atoms. The number of aromatic nitrogens is 2. The molecule has 0 saturated heterocycles. The first-order valence-electron chi connectivity index (χ1n) is 6.79. The Labute approximate surface area is 134 Å². The van der Waals surface area contributed by atoms with Crippen molar-refractivity contribution in [2.24, 2.45) is 0 Å². The minimum Gasteiger partial charge on any atom is -0.339 e. The maximum Gasteiger partial charge on any atom is 0.232 e. The summed E-state index contributed by atoms with van der Waals surface area (Å²) in [6.45, 7) is 12.1. The highest BCUT2D eigenvalue weighted by Crippen LogP contribution is 2.24. The van der Waals surface area contributed by atoms with Crippen molar-refractivity contribution in [1.82, 2.24) is 15.0 Å². The van der Waals surface area contributed by atoms with Gasteiger partial charge in [-0.2, -0.15) is 4.98 Å². The van der Waals surface area contributed by atoms with Crippen molar-refractivity contribution in [3.63, 3.8) is 0 Å². The molecule has 0 aliphatic rings. The van der Waals surface area contributed by atoms with Crippen LogP contribution in [0.4, 0.5) is 0 Å². The maximum absolute atomic E-state index is 5.97. The summed E-state index contributed by atoms with van der Waals surface area (Å²) in [4.78, 5) is 7.88. The summed E-state index contributed by atoms with van der Waals surface area (Å²) >= 11 is 7.56. The zero-order valence-corrected chi connectivity index (χ0v) is 14.2. The van der Waals surface area contributed by atoms with Crippen molar-refractivity contribution >= 4 is 22.9 Å². The fourth-order valence-corrected chi connectivity index (χ4v) is 2.98. The van der Waals surface area contributed by atoms with Crippen molar-refractivity contribution in [3.8, 4) is 0 Å². The molecule has 0 aromatic carbocycles. The molecular formula is C15H20ClN3OS. The van der Waals surface area contributed by atoms with Crippen LogP contribution >= 0.6 is 22.9 Å². The molecule has 0 N–H and O–H groups in total. The highest BCUT2D eigenvalue weighted by atomic mass is 35.5. The molecule has 2 rings (SSSR count). The van der Waals surface area contributed by atoms with Crippen LogP contribution in [0.1, 0.15) is 37.4 Å². The van der Waals surface area contributed by atoms with Crippen LogP contribution in [0.5, 0.6) is 0 Å². The molecule has 2 aromatic heterocycles. The molecule has 0 fully saturated rings. The van der Waals surface area contributed by atoms with Crippen LogP contribution in [-0.4, -0.2) is 21.6 Å². The standard InChI is InChI=1S/C15H20ClN3OS/c1-5-8-19(9-11-6-7-12(16)21-11)10-13-17-14(20-18-13)15(2,3)4/h5-7H,1,8-10H2,2-4H3. The summed E-state index contributed by atoms with van der Waals surface area (Å²) < 4.78 is 6.13. The van der Waals surface area contributed by atoms with Crippen LogP contribution in [0.3, 0.4) is 0 Å². The van der Waals surface area contributed by atoms with Crippen LogP contribution in [-0.2, 0) is 18.5 Å². The van der Waals surface area contributed by atoms with Gasteiger partial charge in [0, 0.05) is 23.4 Å². The van der Waals surface area contributed by atoms with E-state index in [1.165, 1.54) is 4.88 Å². The van der Waals surface area contributed by atoms with Crippen molar-refractivity contribution in [2.45, 2.75) is 39.3 Å². The molecule has 0 amide bonds. The Morgan fingerprint density at radius 3 is 2.67 bits per heavy atom. The lowest BCUT2D eigenvalue weighted by molar-refractivity contribution is 0.271. The molecule has 2 heterocycles. The second-order valence-electron chi connectivity index (χ2n) is 5.93. The van der Waals surface area contributed by atoms with Crippen molar-refractivity contribution in [2.75, 3.05) is 6.54 Å². The smallest absolute Gasteiger partial charge is 0.232 e. The summed E-state index contributed by atoms with van der Waals surface area (Å²) in [5, 5.41) is 4.07. The van der Waals surface area contributed by atoms with Gasteiger partial charge in [0.05, 0.1) is 10.9 Å².